The van der Waals surface area contributed by atoms with E-state index < -0.39 is 5.91 Å². The van der Waals surface area contributed by atoms with Crippen molar-refractivity contribution in [3.05, 3.63) is 89.6 Å². The Hall–Kier alpha value is -3.90. The molecule has 2 heterocycles. The SMILES string of the molecule is Cc1ccccc1-c1ccc2c(c1)/C(=C/Nc1ccc(N3CCN(C)CC3)cc1)C(=O)NC2=O. The smallest absolute Gasteiger partial charge is 0.260 e. The van der Waals surface area contributed by atoms with Gasteiger partial charge in [0.1, 0.15) is 0 Å². The molecule has 6 heteroatoms. The topological polar surface area (TPSA) is 64.7 Å². The third kappa shape index (κ3) is 4.32. The Morgan fingerprint density at radius 3 is 2.29 bits per heavy atom. The van der Waals surface area contributed by atoms with Crippen molar-refractivity contribution in [2.45, 2.75) is 6.92 Å². The van der Waals surface area contributed by atoms with E-state index in [4.69, 9.17) is 0 Å². The van der Waals surface area contributed by atoms with Crippen molar-refractivity contribution in [3.63, 3.8) is 0 Å². The first-order valence-electron chi connectivity index (χ1n) is 11.6. The normalized spacial score (nSPS) is 17.5. The first-order chi connectivity index (χ1) is 16.5. The van der Waals surface area contributed by atoms with E-state index in [1.54, 1.807) is 12.3 Å². The molecule has 0 aromatic heterocycles. The van der Waals surface area contributed by atoms with Crippen LogP contribution in [-0.2, 0) is 4.79 Å². The number of amides is 2. The predicted octanol–water partition coefficient (Wildman–Crippen LogP) is 4.14. The maximum Gasteiger partial charge on any atom is 0.260 e. The Bertz CT molecular complexity index is 1270. The van der Waals surface area contributed by atoms with Crippen LogP contribution in [0.15, 0.2) is 72.9 Å². The number of likely N-dealkylation sites (N-methyl/N-ethyl adjacent to an activating group) is 1. The lowest BCUT2D eigenvalue weighted by atomic mass is 9.90. The molecule has 3 aromatic carbocycles. The highest BCUT2D eigenvalue weighted by molar-refractivity contribution is 6.31. The second-order valence-corrected chi connectivity index (χ2v) is 8.90. The maximum atomic E-state index is 12.7. The summed E-state index contributed by atoms with van der Waals surface area (Å²) >= 11 is 0. The van der Waals surface area contributed by atoms with Crippen LogP contribution in [-0.4, -0.2) is 49.9 Å². The molecule has 0 atom stereocenters. The monoisotopic (exact) mass is 452 g/mol. The lowest BCUT2D eigenvalue weighted by molar-refractivity contribution is -0.114. The van der Waals surface area contributed by atoms with Crippen LogP contribution >= 0.6 is 0 Å². The average Bonchev–Trinajstić information content (AvgIpc) is 2.85. The van der Waals surface area contributed by atoms with Crippen molar-refractivity contribution in [1.29, 1.82) is 0 Å². The molecule has 0 aliphatic carbocycles. The Kier molecular flexibility index (Phi) is 5.90. The number of fused-ring (bicyclic) bond motifs is 1. The third-order valence-corrected chi connectivity index (χ3v) is 6.60. The third-order valence-electron chi connectivity index (χ3n) is 6.60. The molecule has 0 spiro atoms. The molecule has 1 saturated heterocycles. The van der Waals surface area contributed by atoms with Gasteiger partial charge in [0.2, 0.25) is 0 Å². The van der Waals surface area contributed by atoms with Gasteiger partial charge in [-0.15, -0.1) is 0 Å². The summed E-state index contributed by atoms with van der Waals surface area (Å²) in [5, 5.41) is 5.70. The summed E-state index contributed by atoms with van der Waals surface area (Å²) in [6.07, 6.45) is 1.69. The van der Waals surface area contributed by atoms with E-state index in [-0.39, 0.29) is 5.91 Å². The van der Waals surface area contributed by atoms with Crippen molar-refractivity contribution < 1.29 is 9.59 Å². The minimum absolute atomic E-state index is 0.370. The summed E-state index contributed by atoms with van der Waals surface area (Å²) in [4.78, 5) is 29.9. The molecule has 2 aliphatic rings. The zero-order valence-electron chi connectivity index (χ0n) is 19.5. The highest BCUT2D eigenvalue weighted by Crippen LogP contribution is 2.31. The molecule has 0 bridgehead atoms. The minimum Gasteiger partial charge on any atom is -0.369 e. The van der Waals surface area contributed by atoms with Gasteiger partial charge in [0, 0.05) is 54.9 Å². The van der Waals surface area contributed by atoms with Crippen LogP contribution in [0.4, 0.5) is 11.4 Å². The Morgan fingerprint density at radius 2 is 1.56 bits per heavy atom. The predicted molar refractivity (Wildman–Crippen MR) is 137 cm³/mol. The number of nitrogens with one attached hydrogen (secondary N) is 2. The van der Waals surface area contributed by atoms with Crippen molar-refractivity contribution >= 4 is 28.8 Å². The van der Waals surface area contributed by atoms with Crippen LogP contribution in [0.1, 0.15) is 21.5 Å². The van der Waals surface area contributed by atoms with Gasteiger partial charge < -0.3 is 15.1 Å². The summed E-state index contributed by atoms with van der Waals surface area (Å²) in [5.74, 6) is -0.772. The first-order valence-corrected chi connectivity index (χ1v) is 11.6. The fourth-order valence-electron chi connectivity index (χ4n) is 4.52. The van der Waals surface area contributed by atoms with Crippen LogP contribution in [0, 0.1) is 6.92 Å². The molecule has 6 nitrogen and oxygen atoms in total. The van der Waals surface area contributed by atoms with Gasteiger partial charge in [0.25, 0.3) is 11.8 Å². The lowest BCUT2D eigenvalue weighted by Gasteiger charge is -2.34. The summed E-state index contributed by atoms with van der Waals surface area (Å²) in [7, 11) is 2.15. The maximum absolute atomic E-state index is 12.7. The van der Waals surface area contributed by atoms with E-state index in [0.29, 0.717) is 16.7 Å². The van der Waals surface area contributed by atoms with Gasteiger partial charge in [-0.25, -0.2) is 0 Å². The number of piperazine rings is 1. The molecule has 172 valence electrons. The second-order valence-electron chi connectivity index (χ2n) is 8.90. The van der Waals surface area contributed by atoms with E-state index in [2.05, 4.69) is 52.6 Å². The number of benzene rings is 3. The standard InChI is InChI=1S/C28H28N4O2/c1-19-5-3-4-6-23(19)20-7-12-24-25(17-20)26(28(34)30-27(24)33)18-29-21-8-10-22(11-9-21)32-15-13-31(2)14-16-32/h3-12,17-18,29H,13-16H2,1-2H3,(H,30,33,34)/b26-18-. The van der Waals surface area contributed by atoms with Gasteiger partial charge in [0.15, 0.2) is 0 Å². The molecule has 0 saturated carbocycles. The molecular formula is C28H28N4O2. The van der Waals surface area contributed by atoms with Crippen LogP contribution in [0.5, 0.6) is 0 Å². The lowest BCUT2D eigenvalue weighted by Crippen LogP contribution is -2.44. The fraction of sp³-hybridized carbons (Fsp3) is 0.214. The van der Waals surface area contributed by atoms with Gasteiger partial charge in [0.05, 0.1) is 5.57 Å². The van der Waals surface area contributed by atoms with E-state index in [9.17, 15) is 9.59 Å². The molecular weight excluding hydrogens is 424 g/mol. The van der Waals surface area contributed by atoms with Gasteiger partial charge in [-0.1, -0.05) is 30.3 Å². The number of rotatable bonds is 4. The Morgan fingerprint density at radius 1 is 0.824 bits per heavy atom. The molecule has 2 amide bonds. The fourth-order valence-corrected chi connectivity index (χ4v) is 4.52. The molecule has 0 radical (unpaired) electrons. The molecule has 0 unspecified atom stereocenters. The Balaban J connectivity index is 1.41. The number of nitrogens with zero attached hydrogens (tertiary/aromatic N) is 2. The highest BCUT2D eigenvalue weighted by atomic mass is 16.2. The molecule has 34 heavy (non-hydrogen) atoms. The zero-order valence-corrected chi connectivity index (χ0v) is 19.5. The summed E-state index contributed by atoms with van der Waals surface area (Å²) < 4.78 is 0. The van der Waals surface area contributed by atoms with E-state index in [1.807, 2.05) is 42.5 Å². The molecule has 2 aliphatic heterocycles. The first kappa shape index (κ1) is 21.9. The van der Waals surface area contributed by atoms with Crippen molar-refractivity contribution in [1.82, 2.24) is 10.2 Å². The second kappa shape index (κ2) is 9.15. The zero-order chi connectivity index (χ0) is 23.7. The molecule has 2 N–H and O–H groups in total. The largest absolute Gasteiger partial charge is 0.369 e. The summed E-state index contributed by atoms with van der Waals surface area (Å²) in [5.41, 5.74) is 6.84. The number of hydrogen-bond donors (Lipinski definition) is 2. The Labute approximate surface area is 199 Å². The molecule has 3 aromatic rings. The van der Waals surface area contributed by atoms with E-state index >= 15 is 0 Å². The van der Waals surface area contributed by atoms with Crippen molar-refractivity contribution in [2.75, 3.05) is 43.4 Å². The van der Waals surface area contributed by atoms with E-state index in [0.717, 1.165) is 48.6 Å². The van der Waals surface area contributed by atoms with Gasteiger partial charge in [-0.05, 0) is 67.1 Å². The van der Waals surface area contributed by atoms with E-state index in [1.165, 1.54) is 5.69 Å². The molecule has 1 fully saturated rings. The van der Waals surface area contributed by atoms with Crippen molar-refractivity contribution in [2.24, 2.45) is 0 Å². The summed E-state index contributed by atoms with van der Waals surface area (Å²) in [6.45, 7) is 6.20. The van der Waals surface area contributed by atoms with Crippen LogP contribution in [0.25, 0.3) is 16.7 Å². The number of aryl methyl sites for hydroxylation is 1. The number of anilines is 2. The molecule has 5 rings (SSSR count). The highest BCUT2D eigenvalue weighted by Gasteiger charge is 2.27. The van der Waals surface area contributed by atoms with Crippen LogP contribution < -0.4 is 15.5 Å². The number of carbonyl (C=O) groups is 2. The van der Waals surface area contributed by atoms with Gasteiger partial charge in [-0.3, -0.25) is 14.9 Å². The number of imide groups is 1. The van der Waals surface area contributed by atoms with Crippen LogP contribution in [0.2, 0.25) is 0 Å². The van der Waals surface area contributed by atoms with Crippen molar-refractivity contribution in [3.8, 4) is 11.1 Å². The quantitative estimate of drug-likeness (QED) is 0.460. The minimum atomic E-state index is -0.402. The van der Waals surface area contributed by atoms with Gasteiger partial charge in [-0.2, -0.15) is 0 Å². The number of carbonyl (C=O) groups excluding carboxylic acids is 2. The summed E-state index contributed by atoms with van der Waals surface area (Å²) in [6, 6.07) is 22.0. The van der Waals surface area contributed by atoms with Gasteiger partial charge >= 0.3 is 0 Å². The average molecular weight is 453 g/mol. The van der Waals surface area contributed by atoms with Crippen LogP contribution in [0.3, 0.4) is 0 Å². The number of hydrogen-bond acceptors (Lipinski definition) is 5.